The summed E-state index contributed by atoms with van der Waals surface area (Å²) < 4.78 is 4.84. The van der Waals surface area contributed by atoms with E-state index in [-0.39, 0.29) is 19.1 Å². The summed E-state index contributed by atoms with van der Waals surface area (Å²) in [6.07, 6.45) is 0. The van der Waals surface area contributed by atoms with E-state index in [0.29, 0.717) is 13.1 Å². The highest BCUT2D eigenvalue weighted by atomic mass is 16.5. The number of carboxylic acid groups (broad SMARTS) is 1. The molecule has 2 N–H and O–H groups in total. The van der Waals surface area contributed by atoms with Crippen molar-refractivity contribution in [1.29, 1.82) is 0 Å². The molecule has 122 valence electrons. The van der Waals surface area contributed by atoms with Crippen LogP contribution in [0.1, 0.15) is 20.8 Å². The van der Waals surface area contributed by atoms with E-state index >= 15 is 0 Å². The molecule has 8 nitrogen and oxygen atoms in total. The van der Waals surface area contributed by atoms with Crippen molar-refractivity contribution in [3.05, 3.63) is 0 Å². The van der Waals surface area contributed by atoms with Crippen LogP contribution in [-0.4, -0.2) is 78.8 Å². The van der Waals surface area contributed by atoms with Crippen LogP contribution >= 0.6 is 0 Å². The van der Waals surface area contributed by atoms with E-state index in [9.17, 15) is 14.4 Å². The van der Waals surface area contributed by atoms with Gasteiger partial charge in [-0.15, -0.1) is 0 Å². The molecule has 0 saturated heterocycles. The molecule has 0 spiro atoms. The third kappa shape index (κ3) is 6.94. The summed E-state index contributed by atoms with van der Waals surface area (Å²) in [6.45, 7) is 6.31. The molecule has 0 aliphatic rings. The molecule has 0 fully saturated rings. The number of rotatable bonds is 9. The van der Waals surface area contributed by atoms with Gasteiger partial charge in [0, 0.05) is 26.7 Å². The Morgan fingerprint density at radius 3 is 2.19 bits per heavy atom. The quantitative estimate of drug-likeness (QED) is 0.624. The second kappa shape index (κ2) is 9.98. The number of carboxylic acids is 1. The van der Waals surface area contributed by atoms with Crippen molar-refractivity contribution in [3.8, 4) is 0 Å². The Labute approximate surface area is 125 Å². The maximum absolute atomic E-state index is 12.1. The average molecular weight is 303 g/mol. The molecule has 0 aliphatic heterocycles. The van der Waals surface area contributed by atoms with Crippen LogP contribution in [0.5, 0.6) is 0 Å². The van der Waals surface area contributed by atoms with E-state index in [1.807, 2.05) is 13.8 Å². The number of likely N-dealkylation sites (N-methyl/N-ethyl adjacent to an activating group) is 1. The van der Waals surface area contributed by atoms with Crippen molar-refractivity contribution in [2.45, 2.75) is 26.8 Å². The lowest BCUT2D eigenvalue weighted by Crippen LogP contribution is -2.52. The highest BCUT2D eigenvalue weighted by Crippen LogP contribution is 1.98. The first kappa shape index (κ1) is 19.2. The van der Waals surface area contributed by atoms with Gasteiger partial charge < -0.3 is 25.0 Å². The highest BCUT2D eigenvalue weighted by molar-refractivity contribution is 5.87. The fourth-order valence-electron chi connectivity index (χ4n) is 1.76. The molecule has 21 heavy (non-hydrogen) atoms. The lowest BCUT2D eigenvalue weighted by molar-refractivity contribution is -0.137. The standard InChI is InChI=1S/C13H25N3O5/c1-5-15(6-2)12(19)10(3)14-13(20)16(7-8-21-4)9-11(17)18/h10H,5-9H2,1-4H3,(H,14,20)(H,17,18). The molecule has 0 rings (SSSR count). The molecular weight excluding hydrogens is 278 g/mol. The maximum atomic E-state index is 12.1. The van der Waals surface area contributed by atoms with Crippen molar-refractivity contribution >= 4 is 17.9 Å². The molecular formula is C13H25N3O5. The number of nitrogens with one attached hydrogen (secondary N) is 1. The van der Waals surface area contributed by atoms with Crippen molar-refractivity contribution in [3.63, 3.8) is 0 Å². The van der Waals surface area contributed by atoms with Gasteiger partial charge in [0.15, 0.2) is 0 Å². The number of carbonyl (C=O) groups is 3. The summed E-state index contributed by atoms with van der Waals surface area (Å²) in [5.41, 5.74) is 0. The number of aliphatic carboxylic acids is 1. The largest absolute Gasteiger partial charge is 0.480 e. The van der Waals surface area contributed by atoms with Crippen molar-refractivity contribution in [2.75, 3.05) is 39.9 Å². The van der Waals surface area contributed by atoms with Crippen LogP contribution in [0.4, 0.5) is 4.79 Å². The predicted octanol–water partition coefficient (Wildman–Crippen LogP) is -0.0141. The number of hydrogen-bond donors (Lipinski definition) is 2. The molecule has 1 unspecified atom stereocenters. The number of ether oxygens (including phenoxy) is 1. The molecule has 0 aromatic heterocycles. The summed E-state index contributed by atoms with van der Waals surface area (Å²) in [5.74, 6) is -1.32. The van der Waals surface area contributed by atoms with Gasteiger partial charge in [-0.05, 0) is 20.8 Å². The Morgan fingerprint density at radius 2 is 1.76 bits per heavy atom. The Balaban J connectivity index is 4.64. The molecule has 0 aromatic carbocycles. The molecule has 0 saturated carbocycles. The van der Waals surface area contributed by atoms with Crippen LogP contribution in [-0.2, 0) is 14.3 Å². The topological polar surface area (TPSA) is 99.2 Å². The van der Waals surface area contributed by atoms with E-state index < -0.39 is 24.6 Å². The van der Waals surface area contributed by atoms with Gasteiger partial charge in [-0.3, -0.25) is 9.59 Å². The summed E-state index contributed by atoms with van der Waals surface area (Å²) >= 11 is 0. The zero-order valence-electron chi connectivity index (χ0n) is 13.1. The van der Waals surface area contributed by atoms with Gasteiger partial charge in [0.1, 0.15) is 12.6 Å². The van der Waals surface area contributed by atoms with Crippen LogP contribution in [0.3, 0.4) is 0 Å². The molecule has 0 aliphatic carbocycles. The Morgan fingerprint density at radius 1 is 1.19 bits per heavy atom. The number of nitrogens with zero attached hydrogens (tertiary/aromatic N) is 2. The van der Waals surface area contributed by atoms with E-state index in [4.69, 9.17) is 9.84 Å². The SMILES string of the molecule is CCN(CC)C(=O)C(C)NC(=O)N(CCOC)CC(=O)O. The fourth-order valence-corrected chi connectivity index (χ4v) is 1.76. The van der Waals surface area contributed by atoms with Crippen LogP contribution in [0.15, 0.2) is 0 Å². The second-order valence-corrected chi connectivity index (χ2v) is 4.49. The van der Waals surface area contributed by atoms with Crippen molar-refractivity contribution < 1.29 is 24.2 Å². The number of amides is 3. The first-order valence-electron chi connectivity index (χ1n) is 6.92. The summed E-state index contributed by atoms with van der Waals surface area (Å²) in [7, 11) is 1.46. The third-order valence-corrected chi connectivity index (χ3v) is 2.96. The predicted molar refractivity (Wildman–Crippen MR) is 77.0 cm³/mol. The van der Waals surface area contributed by atoms with Crippen LogP contribution in [0.25, 0.3) is 0 Å². The molecule has 1 atom stereocenters. The van der Waals surface area contributed by atoms with Crippen molar-refractivity contribution in [1.82, 2.24) is 15.1 Å². The Bertz CT molecular complexity index is 358. The first-order chi connectivity index (χ1) is 9.87. The van der Waals surface area contributed by atoms with Gasteiger partial charge in [0.2, 0.25) is 5.91 Å². The molecule has 0 radical (unpaired) electrons. The smallest absolute Gasteiger partial charge is 0.323 e. The lowest BCUT2D eigenvalue weighted by Gasteiger charge is -2.26. The maximum Gasteiger partial charge on any atom is 0.323 e. The Hall–Kier alpha value is -1.83. The average Bonchev–Trinajstić information content (AvgIpc) is 2.43. The summed E-state index contributed by atoms with van der Waals surface area (Å²) in [6, 6.07) is -1.31. The number of urea groups is 1. The first-order valence-corrected chi connectivity index (χ1v) is 6.92. The minimum Gasteiger partial charge on any atom is -0.480 e. The van der Waals surface area contributed by atoms with Crippen molar-refractivity contribution in [2.24, 2.45) is 0 Å². The lowest BCUT2D eigenvalue weighted by atomic mass is 10.3. The van der Waals surface area contributed by atoms with E-state index in [1.165, 1.54) is 7.11 Å². The summed E-state index contributed by atoms with van der Waals surface area (Å²) in [5, 5.41) is 11.3. The van der Waals surface area contributed by atoms with Gasteiger partial charge in [-0.25, -0.2) is 4.79 Å². The third-order valence-electron chi connectivity index (χ3n) is 2.96. The highest BCUT2D eigenvalue weighted by Gasteiger charge is 2.23. The number of methoxy groups -OCH3 is 1. The van der Waals surface area contributed by atoms with Gasteiger partial charge in [0.05, 0.1) is 6.61 Å². The van der Waals surface area contributed by atoms with E-state index in [2.05, 4.69) is 5.32 Å². The Kier molecular flexibility index (Phi) is 9.11. The van der Waals surface area contributed by atoms with E-state index in [1.54, 1.807) is 11.8 Å². The minimum absolute atomic E-state index is 0.140. The minimum atomic E-state index is -1.12. The molecule has 8 heteroatoms. The normalized spacial score (nSPS) is 11.6. The van der Waals surface area contributed by atoms with Gasteiger partial charge >= 0.3 is 12.0 Å². The van der Waals surface area contributed by atoms with Crippen LogP contribution in [0, 0.1) is 0 Å². The fraction of sp³-hybridized carbons (Fsp3) is 0.769. The van der Waals surface area contributed by atoms with E-state index in [0.717, 1.165) is 4.90 Å². The molecule has 0 bridgehead atoms. The second-order valence-electron chi connectivity index (χ2n) is 4.49. The number of hydrogen-bond acceptors (Lipinski definition) is 4. The zero-order valence-corrected chi connectivity index (χ0v) is 13.1. The zero-order chi connectivity index (χ0) is 16.4. The molecule has 3 amide bonds. The molecule has 0 aromatic rings. The van der Waals surface area contributed by atoms with Gasteiger partial charge in [-0.1, -0.05) is 0 Å². The monoisotopic (exact) mass is 303 g/mol. The number of carbonyl (C=O) groups excluding carboxylic acids is 2. The van der Waals surface area contributed by atoms with Crippen LogP contribution in [0.2, 0.25) is 0 Å². The van der Waals surface area contributed by atoms with Gasteiger partial charge in [0.25, 0.3) is 0 Å². The summed E-state index contributed by atoms with van der Waals surface area (Å²) in [4.78, 5) is 37.5. The molecule has 0 heterocycles. The van der Waals surface area contributed by atoms with Gasteiger partial charge in [-0.2, -0.15) is 0 Å². The van der Waals surface area contributed by atoms with Crippen LogP contribution < -0.4 is 5.32 Å².